The van der Waals surface area contributed by atoms with Crippen molar-refractivity contribution in [2.24, 2.45) is 5.92 Å². The van der Waals surface area contributed by atoms with E-state index in [2.05, 4.69) is 24.3 Å². The van der Waals surface area contributed by atoms with Crippen LogP contribution in [0.3, 0.4) is 0 Å². The number of carbonyl (C=O) groups excluding carboxylic acids is 2. The summed E-state index contributed by atoms with van der Waals surface area (Å²) in [4.78, 5) is 28.6. The minimum atomic E-state index is -2.97. The van der Waals surface area contributed by atoms with Crippen molar-refractivity contribution in [1.82, 2.24) is 0 Å². The van der Waals surface area contributed by atoms with Crippen molar-refractivity contribution in [2.45, 2.75) is 24.3 Å². The lowest BCUT2D eigenvalue weighted by atomic mass is 9.92. The number of carbonyl (C=O) groups is 2. The van der Waals surface area contributed by atoms with Crippen molar-refractivity contribution >= 4 is 44.6 Å². The number of methoxy groups -OCH3 is 1. The molecule has 6 rings (SSSR count). The molecule has 6 nitrogen and oxygen atoms in total. The number of thiol groups is 1. The maximum absolute atomic E-state index is 13.7. The molecule has 0 spiro atoms. The van der Waals surface area contributed by atoms with Gasteiger partial charge in [0.1, 0.15) is 0 Å². The lowest BCUT2D eigenvalue weighted by Crippen LogP contribution is -2.22. The fourth-order valence-corrected chi connectivity index (χ4v) is 6.86. The summed E-state index contributed by atoms with van der Waals surface area (Å²) in [6, 6.07) is 46.1. The lowest BCUT2D eigenvalue weighted by Gasteiger charge is -2.27. The van der Waals surface area contributed by atoms with Gasteiger partial charge in [0.2, 0.25) is 0 Å². The van der Waals surface area contributed by atoms with Crippen LogP contribution in [0.15, 0.2) is 150 Å². The highest BCUT2D eigenvalue weighted by atomic mass is 32.2. The van der Waals surface area contributed by atoms with Crippen molar-refractivity contribution in [3.63, 3.8) is 0 Å². The Morgan fingerprint density at radius 3 is 2.06 bits per heavy atom. The predicted molar refractivity (Wildman–Crippen MR) is 191 cm³/mol. The molecule has 0 radical (unpaired) electrons. The number of ketones is 1. The van der Waals surface area contributed by atoms with Crippen LogP contribution in [0.4, 0.5) is 11.4 Å². The van der Waals surface area contributed by atoms with Gasteiger partial charge in [-0.3, -0.25) is 9.59 Å². The Bertz CT molecular complexity index is 2120. The second kappa shape index (κ2) is 14.9. The number of rotatable bonds is 12. The number of esters is 1. The highest BCUT2D eigenvalue weighted by molar-refractivity contribution is 7.73. The number of anilines is 2. The molecule has 0 heterocycles. The van der Waals surface area contributed by atoms with E-state index in [0.717, 1.165) is 27.6 Å². The Balaban J connectivity index is 1.38. The summed E-state index contributed by atoms with van der Waals surface area (Å²) in [5, 5.41) is 1.45. The SMILES string of the molecule is COC(=O)C(CC(=O)c1cccc(N(Cc2ccc(-c3ccccc3)cc2)c2ccc3ccccc3c2[SH](=O)=O)c1)Cc1ccccc1. The maximum Gasteiger partial charge on any atom is 0.309 e. The van der Waals surface area contributed by atoms with Gasteiger partial charge in [-0.1, -0.05) is 127 Å². The first-order valence-corrected chi connectivity index (χ1v) is 16.9. The van der Waals surface area contributed by atoms with Crippen LogP contribution in [0.1, 0.15) is 27.9 Å². The average molecular weight is 654 g/mol. The van der Waals surface area contributed by atoms with E-state index in [0.29, 0.717) is 35.3 Å². The highest BCUT2D eigenvalue weighted by Gasteiger charge is 2.25. The minimum Gasteiger partial charge on any atom is -0.469 e. The summed E-state index contributed by atoms with van der Waals surface area (Å²) in [5.41, 5.74) is 5.66. The van der Waals surface area contributed by atoms with Gasteiger partial charge in [0.05, 0.1) is 23.6 Å². The first-order chi connectivity index (χ1) is 23.4. The van der Waals surface area contributed by atoms with E-state index in [9.17, 15) is 18.0 Å². The first-order valence-electron chi connectivity index (χ1n) is 15.7. The lowest BCUT2D eigenvalue weighted by molar-refractivity contribution is -0.145. The molecule has 6 aromatic rings. The number of benzene rings is 6. The second-order valence-electron chi connectivity index (χ2n) is 11.6. The quantitative estimate of drug-likeness (QED) is 0.0812. The van der Waals surface area contributed by atoms with E-state index in [1.165, 1.54) is 7.11 Å². The average Bonchev–Trinajstić information content (AvgIpc) is 3.13. The Morgan fingerprint density at radius 1 is 0.688 bits per heavy atom. The number of Topliss-reactive ketones (excluding diaryl/α,β-unsaturated/α-hetero) is 1. The molecule has 0 N–H and O–H groups in total. The van der Waals surface area contributed by atoms with E-state index in [1.807, 2.05) is 108 Å². The Labute approximate surface area is 282 Å². The zero-order valence-corrected chi connectivity index (χ0v) is 27.4. The molecule has 1 atom stereocenters. The van der Waals surface area contributed by atoms with Crippen molar-refractivity contribution in [2.75, 3.05) is 12.0 Å². The molecule has 0 aliphatic rings. The molecule has 0 saturated carbocycles. The molecule has 0 aromatic heterocycles. The Kier molecular flexibility index (Phi) is 10.1. The van der Waals surface area contributed by atoms with Gasteiger partial charge in [-0.05, 0) is 52.3 Å². The monoisotopic (exact) mass is 653 g/mol. The molecule has 0 aliphatic heterocycles. The van der Waals surface area contributed by atoms with Crippen LogP contribution in [-0.2, 0) is 33.2 Å². The molecule has 0 saturated heterocycles. The third-order valence-corrected chi connectivity index (χ3v) is 9.36. The summed E-state index contributed by atoms with van der Waals surface area (Å²) in [7, 11) is -1.64. The molecule has 240 valence electrons. The van der Waals surface area contributed by atoms with E-state index in [4.69, 9.17) is 4.74 Å². The van der Waals surface area contributed by atoms with Gasteiger partial charge in [0, 0.05) is 29.6 Å². The third-order valence-electron chi connectivity index (χ3n) is 8.53. The summed E-state index contributed by atoms with van der Waals surface area (Å²) in [5.74, 6) is -1.29. The zero-order valence-electron chi connectivity index (χ0n) is 26.5. The van der Waals surface area contributed by atoms with Crippen LogP contribution in [0.25, 0.3) is 21.9 Å². The topological polar surface area (TPSA) is 80.8 Å². The van der Waals surface area contributed by atoms with Crippen molar-refractivity contribution in [3.8, 4) is 11.1 Å². The van der Waals surface area contributed by atoms with Crippen molar-refractivity contribution < 1.29 is 22.7 Å². The second-order valence-corrected chi connectivity index (χ2v) is 12.6. The molecule has 48 heavy (non-hydrogen) atoms. The number of hydrogen-bond donors (Lipinski definition) is 1. The van der Waals surface area contributed by atoms with Crippen LogP contribution in [0.5, 0.6) is 0 Å². The van der Waals surface area contributed by atoms with Gasteiger partial charge in [-0.25, -0.2) is 8.42 Å². The standard InChI is InChI=1S/C41H35NO5S/c1-47-41(44)35(25-29-11-4-2-5-12-29)27-39(43)34-16-10-17-36(26-34)42(28-30-19-21-32(22-20-30)31-13-6-3-7-14-31)38-24-23-33-15-8-9-18-37(33)40(38)48(45)46/h2-24,26,35,48H,25,27-28H2,1H3. The summed E-state index contributed by atoms with van der Waals surface area (Å²) in [6.45, 7) is 0.347. The first kappa shape index (κ1) is 32.4. The molecule has 7 heteroatoms. The van der Waals surface area contributed by atoms with Crippen LogP contribution < -0.4 is 4.90 Å². The maximum atomic E-state index is 13.7. The van der Waals surface area contributed by atoms with Crippen molar-refractivity contribution in [1.29, 1.82) is 0 Å². The normalized spacial score (nSPS) is 11.7. The highest BCUT2D eigenvalue weighted by Crippen LogP contribution is 2.37. The van der Waals surface area contributed by atoms with Gasteiger partial charge < -0.3 is 9.64 Å². The molecule has 0 bridgehead atoms. The Hall–Kier alpha value is -5.53. The smallest absolute Gasteiger partial charge is 0.309 e. The van der Waals surface area contributed by atoms with Crippen LogP contribution in [-0.4, -0.2) is 27.3 Å². The predicted octanol–water partition coefficient (Wildman–Crippen LogP) is 8.42. The molecule has 1 unspecified atom stereocenters. The largest absolute Gasteiger partial charge is 0.469 e. The molecule has 6 aromatic carbocycles. The summed E-state index contributed by atoms with van der Waals surface area (Å²) in [6.07, 6.45) is 0.348. The third kappa shape index (κ3) is 7.37. The van der Waals surface area contributed by atoms with Gasteiger partial charge >= 0.3 is 5.97 Å². The molecule has 0 amide bonds. The zero-order chi connectivity index (χ0) is 33.5. The molecular weight excluding hydrogens is 619 g/mol. The van der Waals surface area contributed by atoms with Gasteiger partial charge in [-0.2, -0.15) is 0 Å². The molecule has 0 fully saturated rings. The van der Waals surface area contributed by atoms with E-state index >= 15 is 0 Å². The minimum absolute atomic E-state index is 0.0282. The number of ether oxygens (including phenoxy) is 1. The van der Waals surface area contributed by atoms with Crippen molar-refractivity contribution in [3.05, 3.63) is 162 Å². The Morgan fingerprint density at radius 2 is 1.35 bits per heavy atom. The fourth-order valence-electron chi connectivity index (χ4n) is 6.08. The number of nitrogens with zero attached hydrogens (tertiary/aromatic N) is 1. The van der Waals surface area contributed by atoms with Gasteiger partial charge in [0.25, 0.3) is 0 Å². The van der Waals surface area contributed by atoms with Crippen LogP contribution in [0.2, 0.25) is 0 Å². The van der Waals surface area contributed by atoms with Gasteiger partial charge in [0.15, 0.2) is 16.5 Å². The fraction of sp³-hybridized carbons (Fsp3) is 0.122. The van der Waals surface area contributed by atoms with Crippen LogP contribution >= 0.6 is 0 Å². The van der Waals surface area contributed by atoms with E-state index < -0.39 is 22.6 Å². The van der Waals surface area contributed by atoms with E-state index in [-0.39, 0.29) is 17.1 Å². The van der Waals surface area contributed by atoms with Gasteiger partial charge in [-0.15, -0.1) is 0 Å². The molecule has 0 aliphatic carbocycles. The summed E-state index contributed by atoms with van der Waals surface area (Å²) >= 11 is 0. The molecular formula is C41H35NO5S. The summed E-state index contributed by atoms with van der Waals surface area (Å²) < 4.78 is 30.8. The number of hydrogen-bond acceptors (Lipinski definition) is 6. The van der Waals surface area contributed by atoms with E-state index in [1.54, 1.807) is 18.2 Å². The van der Waals surface area contributed by atoms with Crippen LogP contribution in [0, 0.1) is 5.92 Å². The number of fused-ring (bicyclic) bond motifs is 1.